The molecule has 2 aromatic heterocycles. The van der Waals surface area contributed by atoms with Crippen molar-refractivity contribution in [1.82, 2.24) is 14.3 Å². The highest BCUT2D eigenvalue weighted by molar-refractivity contribution is 8.26. The third-order valence-corrected chi connectivity index (χ3v) is 7.91. The molecule has 10 heteroatoms. The van der Waals surface area contributed by atoms with Crippen molar-refractivity contribution in [2.24, 2.45) is 0 Å². The van der Waals surface area contributed by atoms with E-state index < -0.39 is 6.10 Å². The number of thioether (sulfide) groups is 1. The van der Waals surface area contributed by atoms with Crippen molar-refractivity contribution in [3.63, 3.8) is 0 Å². The predicted molar refractivity (Wildman–Crippen MR) is 156 cm³/mol. The summed E-state index contributed by atoms with van der Waals surface area (Å²) in [5.41, 5.74) is 2.66. The van der Waals surface area contributed by atoms with Gasteiger partial charge < -0.3 is 10.4 Å². The molecule has 1 aliphatic heterocycles. The van der Waals surface area contributed by atoms with E-state index in [0.717, 1.165) is 28.5 Å². The standard InChI is InChI=1S/C28H23ClN4O3S2/c1-17-8-7-13-32-25(17)31-24(30-15-22(34)18-9-3-2-4-10-18)20(26(32)35)14-23-27(36)33(28(37)38-23)16-19-11-5-6-12-21(19)29/h2-14,22,30,34H,15-16H2,1H3. The lowest BCUT2D eigenvalue weighted by atomic mass is 10.1. The van der Waals surface area contributed by atoms with Crippen LogP contribution in [0.3, 0.4) is 0 Å². The van der Waals surface area contributed by atoms with E-state index in [9.17, 15) is 14.7 Å². The van der Waals surface area contributed by atoms with Crippen LogP contribution in [0.25, 0.3) is 11.7 Å². The average molecular weight is 563 g/mol. The Morgan fingerprint density at radius 3 is 2.61 bits per heavy atom. The van der Waals surface area contributed by atoms with E-state index in [4.69, 9.17) is 28.8 Å². The number of aliphatic hydroxyl groups excluding tert-OH is 1. The highest BCUT2D eigenvalue weighted by Crippen LogP contribution is 2.35. The third-order valence-electron chi connectivity index (χ3n) is 6.17. The zero-order valence-electron chi connectivity index (χ0n) is 20.3. The minimum absolute atomic E-state index is 0.118. The molecule has 1 aliphatic rings. The van der Waals surface area contributed by atoms with Gasteiger partial charge in [-0.1, -0.05) is 90.2 Å². The van der Waals surface area contributed by atoms with Gasteiger partial charge in [0.1, 0.15) is 15.8 Å². The topological polar surface area (TPSA) is 86.9 Å². The third kappa shape index (κ3) is 5.23. The summed E-state index contributed by atoms with van der Waals surface area (Å²) in [7, 11) is 0. The summed E-state index contributed by atoms with van der Waals surface area (Å²) in [6.45, 7) is 2.21. The van der Waals surface area contributed by atoms with Gasteiger partial charge in [-0.2, -0.15) is 0 Å². The summed E-state index contributed by atoms with van der Waals surface area (Å²) < 4.78 is 1.82. The van der Waals surface area contributed by atoms with Crippen LogP contribution in [-0.2, 0) is 11.3 Å². The van der Waals surface area contributed by atoms with Crippen LogP contribution in [0.5, 0.6) is 0 Å². The molecule has 0 saturated carbocycles. The summed E-state index contributed by atoms with van der Waals surface area (Å²) in [5.74, 6) is -0.0421. The fourth-order valence-corrected chi connectivity index (χ4v) is 5.56. The number of nitrogens with zero attached hydrogens (tertiary/aromatic N) is 3. The van der Waals surface area contributed by atoms with Gasteiger partial charge in [0, 0.05) is 17.8 Å². The number of benzene rings is 2. The van der Waals surface area contributed by atoms with Gasteiger partial charge in [-0.05, 0) is 41.8 Å². The van der Waals surface area contributed by atoms with E-state index >= 15 is 0 Å². The Balaban J connectivity index is 1.51. The Morgan fingerprint density at radius 1 is 1.11 bits per heavy atom. The number of pyridine rings is 1. The fraction of sp³-hybridized carbons (Fsp3) is 0.143. The number of halogens is 1. The van der Waals surface area contributed by atoms with Gasteiger partial charge in [-0.25, -0.2) is 4.98 Å². The van der Waals surface area contributed by atoms with E-state index in [1.807, 2.05) is 61.5 Å². The van der Waals surface area contributed by atoms with Gasteiger partial charge in [0.05, 0.1) is 23.1 Å². The number of fused-ring (bicyclic) bond motifs is 1. The minimum atomic E-state index is -0.824. The molecule has 0 aliphatic carbocycles. The molecular weight excluding hydrogens is 540 g/mol. The van der Waals surface area contributed by atoms with Crippen molar-refractivity contribution in [2.45, 2.75) is 19.6 Å². The van der Waals surface area contributed by atoms with Crippen molar-refractivity contribution >= 4 is 63.3 Å². The SMILES string of the molecule is Cc1cccn2c(=O)c(C=C3SC(=S)N(Cc4ccccc4Cl)C3=O)c(NCC(O)c3ccccc3)nc12. The zero-order valence-corrected chi connectivity index (χ0v) is 22.7. The van der Waals surface area contributed by atoms with Gasteiger partial charge in [-0.3, -0.25) is 18.9 Å². The highest BCUT2D eigenvalue weighted by atomic mass is 35.5. The number of carbonyl (C=O) groups excluding carboxylic acids is 1. The molecule has 1 amide bonds. The second kappa shape index (κ2) is 11.1. The number of aliphatic hydroxyl groups is 1. The van der Waals surface area contributed by atoms with Crippen LogP contribution in [0.1, 0.15) is 28.4 Å². The van der Waals surface area contributed by atoms with Crippen LogP contribution in [-0.4, -0.2) is 36.2 Å². The number of aromatic nitrogens is 2. The number of hydrogen-bond donors (Lipinski definition) is 2. The Hall–Kier alpha value is -3.50. The molecule has 0 spiro atoms. The molecule has 192 valence electrons. The highest BCUT2D eigenvalue weighted by Gasteiger charge is 2.33. The van der Waals surface area contributed by atoms with Crippen LogP contribution in [0.2, 0.25) is 5.02 Å². The second-order valence-corrected chi connectivity index (χ2v) is 10.8. The van der Waals surface area contributed by atoms with Crippen LogP contribution < -0.4 is 10.9 Å². The number of thiocarbonyl (C=S) groups is 1. The minimum Gasteiger partial charge on any atom is -0.387 e. The smallest absolute Gasteiger partial charge is 0.267 e. The summed E-state index contributed by atoms with van der Waals surface area (Å²) in [6, 6.07) is 20.1. The van der Waals surface area contributed by atoms with Crippen molar-refractivity contribution in [3.05, 3.63) is 115 Å². The van der Waals surface area contributed by atoms with Gasteiger partial charge in [0.25, 0.3) is 11.5 Å². The Labute approximate surface area is 233 Å². The lowest BCUT2D eigenvalue weighted by molar-refractivity contribution is -0.122. The van der Waals surface area contributed by atoms with Gasteiger partial charge in [0.2, 0.25) is 0 Å². The van der Waals surface area contributed by atoms with Crippen molar-refractivity contribution in [1.29, 1.82) is 0 Å². The van der Waals surface area contributed by atoms with Crippen molar-refractivity contribution in [3.8, 4) is 0 Å². The largest absolute Gasteiger partial charge is 0.387 e. The van der Waals surface area contributed by atoms with Gasteiger partial charge in [-0.15, -0.1) is 0 Å². The first-order valence-corrected chi connectivity index (χ1v) is 13.4. The fourth-order valence-electron chi connectivity index (χ4n) is 4.13. The normalized spacial score (nSPS) is 15.4. The lowest BCUT2D eigenvalue weighted by Gasteiger charge is -2.16. The summed E-state index contributed by atoms with van der Waals surface area (Å²) in [6.07, 6.45) is 2.34. The molecule has 38 heavy (non-hydrogen) atoms. The summed E-state index contributed by atoms with van der Waals surface area (Å²) >= 11 is 12.9. The van der Waals surface area contributed by atoms with Crippen LogP contribution in [0.4, 0.5) is 5.82 Å². The molecule has 3 heterocycles. The molecule has 5 rings (SSSR count). The van der Waals surface area contributed by atoms with E-state index in [1.54, 1.807) is 18.3 Å². The molecule has 1 unspecified atom stereocenters. The zero-order chi connectivity index (χ0) is 26.8. The first-order valence-electron chi connectivity index (χ1n) is 11.8. The van der Waals surface area contributed by atoms with Gasteiger partial charge in [0.15, 0.2) is 0 Å². The molecule has 1 saturated heterocycles. The number of hydrogen-bond acceptors (Lipinski definition) is 7. The number of nitrogens with one attached hydrogen (secondary N) is 1. The monoisotopic (exact) mass is 562 g/mol. The maximum atomic E-state index is 13.6. The maximum absolute atomic E-state index is 13.6. The quantitative estimate of drug-likeness (QED) is 0.236. The number of anilines is 1. The number of carbonyl (C=O) groups is 1. The molecule has 0 bridgehead atoms. The van der Waals surface area contributed by atoms with E-state index in [1.165, 1.54) is 15.4 Å². The Morgan fingerprint density at radius 2 is 1.84 bits per heavy atom. The Bertz CT molecular complexity index is 1640. The number of amides is 1. The van der Waals surface area contributed by atoms with E-state index in [-0.39, 0.29) is 35.9 Å². The molecule has 1 atom stereocenters. The molecule has 0 radical (unpaired) electrons. The lowest BCUT2D eigenvalue weighted by Crippen LogP contribution is -2.27. The van der Waals surface area contributed by atoms with Gasteiger partial charge >= 0.3 is 0 Å². The molecule has 2 aromatic carbocycles. The molecule has 1 fully saturated rings. The van der Waals surface area contributed by atoms with Crippen LogP contribution in [0.15, 0.2) is 82.6 Å². The van der Waals surface area contributed by atoms with E-state index in [0.29, 0.717) is 19.9 Å². The van der Waals surface area contributed by atoms with Crippen molar-refractivity contribution in [2.75, 3.05) is 11.9 Å². The second-order valence-electron chi connectivity index (χ2n) is 8.73. The molecule has 4 aromatic rings. The van der Waals surface area contributed by atoms with Crippen LogP contribution >= 0.6 is 35.6 Å². The number of rotatable bonds is 7. The maximum Gasteiger partial charge on any atom is 0.267 e. The van der Waals surface area contributed by atoms with Crippen LogP contribution in [0, 0.1) is 6.92 Å². The van der Waals surface area contributed by atoms with E-state index in [2.05, 4.69) is 5.32 Å². The average Bonchev–Trinajstić information content (AvgIpc) is 3.18. The Kier molecular flexibility index (Phi) is 7.62. The molecule has 2 N–H and O–H groups in total. The number of aryl methyl sites for hydroxylation is 1. The predicted octanol–water partition coefficient (Wildman–Crippen LogP) is 5.20. The first-order chi connectivity index (χ1) is 18.3. The summed E-state index contributed by atoms with van der Waals surface area (Å²) in [5, 5.41) is 14.4. The summed E-state index contributed by atoms with van der Waals surface area (Å²) in [4.78, 5) is 33.4. The molecule has 7 nitrogen and oxygen atoms in total. The first kappa shape index (κ1) is 26.1. The van der Waals surface area contributed by atoms with Crippen molar-refractivity contribution < 1.29 is 9.90 Å². The molecular formula is C28H23ClN4O3S2.